The molecule has 0 saturated heterocycles. The van der Waals surface area contributed by atoms with Crippen LogP contribution in [0.5, 0.6) is 0 Å². The maximum atomic E-state index is 12.6. The molecule has 0 saturated carbocycles. The van der Waals surface area contributed by atoms with E-state index in [1.54, 1.807) is 0 Å². The summed E-state index contributed by atoms with van der Waals surface area (Å²) in [5.41, 5.74) is 4.28. The molecule has 3 aromatic rings. The first-order valence-electron chi connectivity index (χ1n) is 10.8. The SMILES string of the molecule is Cc1cc2n(n1)CCCN2Cc1ccc(C(=O)NC(C)CCc2ccccc2)cc1. The Morgan fingerprint density at radius 3 is 2.60 bits per heavy atom. The largest absolute Gasteiger partial charge is 0.352 e. The number of benzene rings is 2. The van der Waals surface area contributed by atoms with Crippen molar-refractivity contribution in [3.05, 3.63) is 83.0 Å². The number of aromatic nitrogens is 2. The van der Waals surface area contributed by atoms with Crippen LogP contribution in [0.2, 0.25) is 0 Å². The molecule has 1 atom stereocenters. The van der Waals surface area contributed by atoms with Crippen molar-refractivity contribution in [3.8, 4) is 0 Å². The Morgan fingerprint density at radius 2 is 1.83 bits per heavy atom. The van der Waals surface area contributed by atoms with Crippen molar-refractivity contribution in [1.29, 1.82) is 0 Å². The summed E-state index contributed by atoms with van der Waals surface area (Å²) in [6, 6.07) is 20.7. The lowest BCUT2D eigenvalue weighted by atomic mass is 10.1. The molecule has 0 radical (unpaired) electrons. The average Bonchev–Trinajstić information content (AvgIpc) is 3.15. The second-order valence-corrected chi connectivity index (χ2v) is 8.24. The van der Waals surface area contributed by atoms with E-state index in [-0.39, 0.29) is 11.9 Å². The highest BCUT2D eigenvalue weighted by molar-refractivity contribution is 5.94. The standard InChI is InChI=1S/C25H30N4O/c1-19(9-10-21-7-4-3-5-8-21)26-25(30)23-13-11-22(12-14-23)18-28-15-6-16-29-24(28)17-20(2)27-29/h3-5,7-8,11-14,17,19H,6,9-10,15-16,18H2,1-2H3,(H,26,30). The normalized spacial score (nSPS) is 14.3. The molecule has 1 N–H and O–H groups in total. The highest BCUT2D eigenvalue weighted by atomic mass is 16.1. The maximum absolute atomic E-state index is 12.6. The van der Waals surface area contributed by atoms with Gasteiger partial charge in [-0.1, -0.05) is 42.5 Å². The van der Waals surface area contributed by atoms with Crippen molar-refractivity contribution in [2.24, 2.45) is 0 Å². The summed E-state index contributed by atoms with van der Waals surface area (Å²) in [7, 11) is 0. The zero-order valence-corrected chi connectivity index (χ0v) is 17.8. The van der Waals surface area contributed by atoms with E-state index in [4.69, 9.17) is 0 Å². The second-order valence-electron chi connectivity index (χ2n) is 8.24. The molecule has 5 nitrogen and oxygen atoms in total. The molecule has 2 heterocycles. The Morgan fingerprint density at radius 1 is 1.07 bits per heavy atom. The molecule has 0 fully saturated rings. The van der Waals surface area contributed by atoms with Gasteiger partial charge in [-0.15, -0.1) is 0 Å². The van der Waals surface area contributed by atoms with Crippen LogP contribution < -0.4 is 10.2 Å². The lowest BCUT2D eigenvalue weighted by molar-refractivity contribution is 0.0938. The van der Waals surface area contributed by atoms with Crippen LogP contribution in [0, 0.1) is 6.92 Å². The van der Waals surface area contributed by atoms with Crippen molar-refractivity contribution >= 4 is 11.7 Å². The monoisotopic (exact) mass is 402 g/mol. The highest BCUT2D eigenvalue weighted by Crippen LogP contribution is 2.23. The van der Waals surface area contributed by atoms with E-state index in [0.717, 1.165) is 44.6 Å². The number of anilines is 1. The van der Waals surface area contributed by atoms with Gasteiger partial charge in [0.15, 0.2) is 0 Å². The molecule has 1 aliphatic rings. The van der Waals surface area contributed by atoms with Gasteiger partial charge in [-0.05, 0) is 56.4 Å². The van der Waals surface area contributed by atoms with Crippen LogP contribution in [-0.4, -0.2) is 28.3 Å². The molecule has 0 bridgehead atoms. The number of carbonyl (C=O) groups excluding carboxylic acids is 1. The first kappa shape index (κ1) is 20.2. The van der Waals surface area contributed by atoms with Crippen molar-refractivity contribution in [3.63, 3.8) is 0 Å². The number of hydrogen-bond acceptors (Lipinski definition) is 3. The van der Waals surface area contributed by atoms with Gasteiger partial charge in [-0.3, -0.25) is 4.79 Å². The fourth-order valence-electron chi connectivity index (χ4n) is 4.03. The van der Waals surface area contributed by atoms with Crippen LogP contribution in [-0.2, 0) is 19.5 Å². The minimum atomic E-state index is -0.00575. The van der Waals surface area contributed by atoms with Crippen molar-refractivity contribution in [1.82, 2.24) is 15.1 Å². The smallest absolute Gasteiger partial charge is 0.251 e. The molecule has 1 aliphatic heterocycles. The number of hydrogen-bond donors (Lipinski definition) is 1. The third-order valence-corrected chi connectivity index (χ3v) is 5.68. The van der Waals surface area contributed by atoms with E-state index in [1.807, 2.05) is 25.1 Å². The Labute approximate surface area is 178 Å². The number of nitrogens with one attached hydrogen (secondary N) is 1. The Bertz CT molecular complexity index is 978. The molecule has 1 amide bonds. The quantitative estimate of drug-likeness (QED) is 0.639. The fraction of sp³-hybridized carbons (Fsp3) is 0.360. The first-order chi connectivity index (χ1) is 14.6. The maximum Gasteiger partial charge on any atom is 0.251 e. The molecular formula is C25H30N4O. The summed E-state index contributed by atoms with van der Waals surface area (Å²) >= 11 is 0. The molecule has 0 aliphatic carbocycles. The van der Waals surface area contributed by atoms with Gasteiger partial charge in [0.2, 0.25) is 0 Å². The topological polar surface area (TPSA) is 50.2 Å². The van der Waals surface area contributed by atoms with E-state index >= 15 is 0 Å². The fourth-order valence-corrected chi connectivity index (χ4v) is 4.03. The van der Waals surface area contributed by atoms with Gasteiger partial charge < -0.3 is 10.2 Å². The summed E-state index contributed by atoms with van der Waals surface area (Å²) in [5, 5.41) is 7.69. The molecule has 156 valence electrons. The summed E-state index contributed by atoms with van der Waals surface area (Å²) in [4.78, 5) is 15.0. The number of fused-ring (bicyclic) bond motifs is 1. The molecule has 1 aromatic heterocycles. The third-order valence-electron chi connectivity index (χ3n) is 5.68. The highest BCUT2D eigenvalue weighted by Gasteiger charge is 2.18. The van der Waals surface area contributed by atoms with Gasteiger partial charge in [-0.2, -0.15) is 5.10 Å². The van der Waals surface area contributed by atoms with Crippen LogP contribution in [0.3, 0.4) is 0 Å². The molecular weight excluding hydrogens is 372 g/mol. The Hall–Kier alpha value is -3.08. The van der Waals surface area contributed by atoms with Gasteiger partial charge in [0, 0.05) is 37.3 Å². The van der Waals surface area contributed by atoms with Gasteiger partial charge in [0.05, 0.1) is 5.69 Å². The number of rotatable bonds is 7. The second kappa shape index (κ2) is 9.16. The van der Waals surface area contributed by atoms with Gasteiger partial charge in [-0.25, -0.2) is 4.68 Å². The van der Waals surface area contributed by atoms with Crippen LogP contribution in [0.1, 0.15) is 46.9 Å². The van der Waals surface area contributed by atoms with Gasteiger partial charge in [0.25, 0.3) is 5.91 Å². The van der Waals surface area contributed by atoms with E-state index in [1.165, 1.54) is 16.9 Å². The van der Waals surface area contributed by atoms with Gasteiger partial charge in [0.1, 0.15) is 5.82 Å². The molecule has 30 heavy (non-hydrogen) atoms. The number of aryl methyl sites for hydroxylation is 3. The summed E-state index contributed by atoms with van der Waals surface area (Å²) in [6.07, 6.45) is 3.00. The van der Waals surface area contributed by atoms with E-state index in [0.29, 0.717) is 5.56 Å². The summed E-state index contributed by atoms with van der Waals surface area (Å²) in [5.74, 6) is 1.18. The van der Waals surface area contributed by atoms with Crippen LogP contribution in [0.25, 0.3) is 0 Å². The predicted molar refractivity (Wildman–Crippen MR) is 121 cm³/mol. The minimum Gasteiger partial charge on any atom is -0.352 e. The molecule has 4 rings (SSSR count). The number of nitrogens with zero attached hydrogens (tertiary/aromatic N) is 3. The van der Waals surface area contributed by atoms with E-state index in [2.05, 4.69) is 69.4 Å². The molecule has 0 spiro atoms. The number of carbonyl (C=O) groups is 1. The van der Waals surface area contributed by atoms with Crippen LogP contribution in [0.4, 0.5) is 5.82 Å². The number of amides is 1. The summed E-state index contributed by atoms with van der Waals surface area (Å²) in [6.45, 7) is 6.96. The zero-order valence-electron chi connectivity index (χ0n) is 17.8. The average molecular weight is 403 g/mol. The third kappa shape index (κ3) is 4.90. The van der Waals surface area contributed by atoms with E-state index in [9.17, 15) is 4.79 Å². The predicted octanol–water partition coefficient (Wildman–Crippen LogP) is 4.35. The first-order valence-corrected chi connectivity index (χ1v) is 10.8. The van der Waals surface area contributed by atoms with Crippen molar-refractivity contribution < 1.29 is 4.79 Å². The summed E-state index contributed by atoms with van der Waals surface area (Å²) < 4.78 is 2.09. The van der Waals surface area contributed by atoms with Crippen LogP contribution >= 0.6 is 0 Å². The van der Waals surface area contributed by atoms with Crippen molar-refractivity contribution in [2.75, 3.05) is 11.4 Å². The minimum absolute atomic E-state index is 0.00575. The molecule has 5 heteroatoms. The molecule has 2 aromatic carbocycles. The van der Waals surface area contributed by atoms with E-state index < -0.39 is 0 Å². The Balaban J connectivity index is 1.31. The van der Waals surface area contributed by atoms with Crippen LogP contribution in [0.15, 0.2) is 60.7 Å². The van der Waals surface area contributed by atoms with Crippen molar-refractivity contribution in [2.45, 2.75) is 52.2 Å². The van der Waals surface area contributed by atoms with Gasteiger partial charge >= 0.3 is 0 Å². The lowest BCUT2D eigenvalue weighted by Crippen LogP contribution is -2.33. The lowest BCUT2D eigenvalue weighted by Gasteiger charge is -2.29. The molecule has 1 unspecified atom stereocenters. The Kier molecular flexibility index (Phi) is 6.17. The zero-order chi connectivity index (χ0) is 20.9.